The Morgan fingerprint density at radius 2 is 1.96 bits per heavy atom. The summed E-state index contributed by atoms with van der Waals surface area (Å²) in [4.78, 5) is 29.6. The molecule has 1 aliphatic rings. The lowest BCUT2D eigenvalue weighted by atomic mass is 10.3. The number of amides is 1. The summed E-state index contributed by atoms with van der Waals surface area (Å²) in [6.45, 7) is 3.08. The molecule has 0 aromatic carbocycles. The minimum Gasteiger partial charge on any atom is -0.345 e. The first-order valence-corrected chi connectivity index (χ1v) is 11.0. The third-order valence-electron chi connectivity index (χ3n) is 4.08. The van der Waals surface area contributed by atoms with Crippen molar-refractivity contribution < 1.29 is 4.79 Å². The Hall–Kier alpha value is -1.97. The van der Waals surface area contributed by atoms with Gasteiger partial charge in [-0.2, -0.15) is 11.3 Å². The lowest BCUT2D eigenvalue weighted by molar-refractivity contribution is -0.128. The Kier molecular flexibility index (Phi) is 5.47. The van der Waals surface area contributed by atoms with Crippen LogP contribution in [0.25, 0.3) is 11.3 Å². The maximum absolute atomic E-state index is 12.4. The Morgan fingerprint density at radius 3 is 2.69 bits per heavy atom. The van der Waals surface area contributed by atoms with Crippen LogP contribution < -0.4 is 4.90 Å². The van der Waals surface area contributed by atoms with Gasteiger partial charge in [-0.25, -0.2) is 15.0 Å². The van der Waals surface area contributed by atoms with E-state index in [9.17, 15) is 4.79 Å². The molecule has 1 saturated heterocycles. The maximum Gasteiger partial charge on any atom is 0.233 e. The molecule has 0 radical (unpaired) electrons. The molecule has 9 heteroatoms. The van der Waals surface area contributed by atoms with E-state index >= 15 is 0 Å². The number of thiophene rings is 1. The Balaban J connectivity index is 1.29. The van der Waals surface area contributed by atoms with Gasteiger partial charge in [0, 0.05) is 54.9 Å². The van der Waals surface area contributed by atoms with Gasteiger partial charge in [-0.3, -0.25) is 4.79 Å². The second-order valence-corrected chi connectivity index (χ2v) is 8.27. The molecule has 3 aromatic rings. The molecule has 6 nitrogen and oxygen atoms in total. The number of hydrogen-bond acceptors (Lipinski definition) is 8. The fourth-order valence-corrected chi connectivity index (χ4v) is 4.92. The van der Waals surface area contributed by atoms with E-state index < -0.39 is 0 Å². The van der Waals surface area contributed by atoms with E-state index in [1.54, 1.807) is 41.1 Å². The van der Waals surface area contributed by atoms with E-state index in [-0.39, 0.29) is 5.91 Å². The van der Waals surface area contributed by atoms with Gasteiger partial charge in [0.2, 0.25) is 5.91 Å². The van der Waals surface area contributed by atoms with Gasteiger partial charge in [0.1, 0.15) is 0 Å². The van der Waals surface area contributed by atoms with Crippen molar-refractivity contribution in [1.29, 1.82) is 0 Å². The molecule has 3 aromatic heterocycles. The Morgan fingerprint density at radius 1 is 1.15 bits per heavy atom. The van der Waals surface area contributed by atoms with Gasteiger partial charge in [-0.05, 0) is 17.5 Å². The summed E-state index contributed by atoms with van der Waals surface area (Å²) in [5.41, 5.74) is 2.20. The quantitative estimate of drug-likeness (QED) is 0.482. The molecule has 0 bridgehead atoms. The molecule has 0 N–H and O–H groups in total. The van der Waals surface area contributed by atoms with Gasteiger partial charge < -0.3 is 9.80 Å². The number of carbonyl (C=O) groups is 1. The molecule has 4 rings (SSSR count). The lowest BCUT2D eigenvalue weighted by Gasteiger charge is -2.34. The van der Waals surface area contributed by atoms with Gasteiger partial charge in [0.15, 0.2) is 10.3 Å². The Labute approximate surface area is 163 Å². The van der Waals surface area contributed by atoms with Crippen molar-refractivity contribution in [3.8, 4) is 11.3 Å². The minimum atomic E-state index is 0.139. The molecule has 0 spiro atoms. The van der Waals surface area contributed by atoms with Crippen LogP contribution in [0, 0.1) is 0 Å². The van der Waals surface area contributed by atoms with Gasteiger partial charge in [0.25, 0.3) is 0 Å². The molecule has 0 saturated carbocycles. The van der Waals surface area contributed by atoms with E-state index in [0.717, 1.165) is 37.0 Å². The highest BCUT2D eigenvalue weighted by atomic mass is 32.2. The molecule has 0 unspecified atom stereocenters. The van der Waals surface area contributed by atoms with E-state index in [0.29, 0.717) is 10.9 Å². The molecule has 1 aliphatic heterocycles. The predicted octanol–water partition coefficient (Wildman–Crippen LogP) is 3.10. The van der Waals surface area contributed by atoms with Crippen LogP contribution in [0.1, 0.15) is 0 Å². The summed E-state index contributed by atoms with van der Waals surface area (Å²) in [6, 6.07) is 3.86. The zero-order chi connectivity index (χ0) is 17.8. The highest BCUT2D eigenvalue weighted by molar-refractivity contribution is 7.99. The zero-order valence-electron chi connectivity index (χ0n) is 13.9. The van der Waals surface area contributed by atoms with Crippen molar-refractivity contribution in [3.05, 3.63) is 40.7 Å². The van der Waals surface area contributed by atoms with Crippen LogP contribution in [0.4, 0.5) is 5.13 Å². The average Bonchev–Trinajstić information content (AvgIpc) is 3.38. The van der Waals surface area contributed by atoms with Crippen LogP contribution in [-0.4, -0.2) is 57.7 Å². The molecule has 0 aliphatic carbocycles. The summed E-state index contributed by atoms with van der Waals surface area (Å²) in [5, 5.41) is 7.96. The smallest absolute Gasteiger partial charge is 0.233 e. The number of hydrogen-bond donors (Lipinski definition) is 0. The fraction of sp³-hybridized carbons (Fsp3) is 0.294. The number of anilines is 1. The molecule has 0 atom stereocenters. The van der Waals surface area contributed by atoms with Gasteiger partial charge >= 0.3 is 0 Å². The molecule has 1 amide bonds. The van der Waals surface area contributed by atoms with Crippen molar-refractivity contribution >= 4 is 45.5 Å². The average molecular weight is 404 g/mol. The Bertz CT molecular complexity index is 844. The van der Waals surface area contributed by atoms with Gasteiger partial charge in [-0.15, -0.1) is 11.3 Å². The van der Waals surface area contributed by atoms with E-state index in [1.807, 2.05) is 4.90 Å². The largest absolute Gasteiger partial charge is 0.345 e. The SMILES string of the molecule is O=C(CSc1ncccn1)N1CCN(c2nc(-c3ccsc3)cs2)CC1. The van der Waals surface area contributed by atoms with Crippen molar-refractivity contribution in [1.82, 2.24) is 19.9 Å². The lowest BCUT2D eigenvalue weighted by Crippen LogP contribution is -2.49. The number of rotatable bonds is 5. The first-order chi connectivity index (χ1) is 12.8. The van der Waals surface area contributed by atoms with Crippen LogP contribution in [0.5, 0.6) is 0 Å². The van der Waals surface area contributed by atoms with Crippen molar-refractivity contribution in [2.45, 2.75) is 5.16 Å². The molecule has 134 valence electrons. The second kappa shape index (κ2) is 8.15. The van der Waals surface area contributed by atoms with E-state index in [2.05, 4.69) is 37.1 Å². The summed E-state index contributed by atoms with van der Waals surface area (Å²) in [5.74, 6) is 0.518. The van der Waals surface area contributed by atoms with Crippen LogP contribution in [0.15, 0.2) is 45.8 Å². The highest BCUT2D eigenvalue weighted by Crippen LogP contribution is 2.29. The first-order valence-electron chi connectivity index (χ1n) is 8.20. The third kappa shape index (κ3) is 4.05. The van der Waals surface area contributed by atoms with Crippen LogP contribution in [0.2, 0.25) is 0 Å². The third-order valence-corrected chi connectivity index (χ3v) is 6.52. The molecular weight excluding hydrogens is 386 g/mol. The minimum absolute atomic E-state index is 0.139. The molecule has 1 fully saturated rings. The standard InChI is InChI=1S/C17H17N5OS3/c23-15(12-25-16-18-3-1-4-19-16)21-5-7-22(8-6-21)17-20-14(11-26-17)13-2-9-24-10-13/h1-4,9-11H,5-8,12H2. The summed E-state index contributed by atoms with van der Waals surface area (Å²) in [6.07, 6.45) is 3.38. The van der Waals surface area contributed by atoms with Crippen molar-refractivity contribution in [2.24, 2.45) is 0 Å². The number of nitrogens with zero attached hydrogens (tertiary/aromatic N) is 5. The number of piperazine rings is 1. The van der Waals surface area contributed by atoms with Crippen LogP contribution in [0.3, 0.4) is 0 Å². The second-order valence-electron chi connectivity index (χ2n) is 5.72. The molecular formula is C17H17N5OS3. The summed E-state index contributed by atoms with van der Waals surface area (Å²) in [7, 11) is 0. The van der Waals surface area contributed by atoms with Crippen LogP contribution in [-0.2, 0) is 4.79 Å². The van der Waals surface area contributed by atoms with Crippen molar-refractivity contribution in [3.63, 3.8) is 0 Å². The maximum atomic E-state index is 12.4. The number of carbonyl (C=O) groups excluding carboxylic acids is 1. The van der Waals surface area contributed by atoms with E-state index in [4.69, 9.17) is 4.98 Å². The highest BCUT2D eigenvalue weighted by Gasteiger charge is 2.23. The van der Waals surface area contributed by atoms with Crippen LogP contribution >= 0.6 is 34.4 Å². The summed E-state index contributed by atoms with van der Waals surface area (Å²) >= 11 is 4.73. The number of thioether (sulfide) groups is 1. The monoisotopic (exact) mass is 403 g/mol. The normalized spacial score (nSPS) is 14.6. The number of thiazole rings is 1. The molecule has 26 heavy (non-hydrogen) atoms. The topological polar surface area (TPSA) is 62.2 Å². The number of aromatic nitrogens is 3. The fourth-order valence-electron chi connectivity index (χ4n) is 2.68. The first kappa shape index (κ1) is 17.4. The van der Waals surface area contributed by atoms with Crippen molar-refractivity contribution in [2.75, 3.05) is 36.8 Å². The summed E-state index contributed by atoms with van der Waals surface area (Å²) < 4.78 is 0. The van der Waals surface area contributed by atoms with E-state index in [1.165, 1.54) is 17.3 Å². The molecule has 4 heterocycles. The zero-order valence-corrected chi connectivity index (χ0v) is 16.4. The predicted molar refractivity (Wildman–Crippen MR) is 107 cm³/mol. The van der Waals surface area contributed by atoms with Gasteiger partial charge in [0.05, 0.1) is 11.4 Å². The van der Waals surface area contributed by atoms with Gasteiger partial charge in [-0.1, -0.05) is 11.8 Å².